The maximum Gasteiger partial charge on any atom is 0.446 e. The second-order valence-corrected chi connectivity index (χ2v) is 4.77. The van der Waals surface area contributed by atoms with Gasteiger partial charge >= 0.3 is 5.51 Å². The van der Waals surface area contributed by atoms with E-state index in [1.807, 2.05) is 0 Å². The highest BCUT2D eigenvalue weighted by molar-refractivity contribution is 9.10. The van der Waals surface area contributed by atoms with Gasteiger partial charge in [0.2, 0.25) is 0 Å². The second kappa shape index (κ2) is 3.71. The van der Waals surface area contributed by atoms with Crippen molar-refractivity contribution in [1.82, 2.24) is 9.97 Å². The molecule has 0 fully saturated rings. The van der Waals surface area contributed by atoms with Crippen molar-refractivity contribution in [2.24, 2.45) is 0 Å². The Balaban J connectivity index is 2.53. The number of aromatic amines is 1. The summed E-state index contributed by atoms with van der Waals surface area (Å²) in [4.78, 5) is 6.70. The monoisotopic (exact) mass is 296 g/mol. The minimum atomic E-state index is -4.30. The number of aromatic nitrogens is 2. The van der Waals surface area contributed by atoms with Crippen molar-refractivity contribution in [1.29, 1.82) is 0 Å². The molecule has 1 heterocycles. The lowest BCUT2D eigenvalue weighted by atomic mass is 10.3. The first-order chi connectivity index (χ1) is 6.96. The molecular weight excluding hydrogens is 293 g/mol. The number of hydrogen-bond donors (Lipinski definition) is 1. The molecule has 1 aromatic carbocycles. The number of benzene rings is 1. The van der Waals surface area contributed by atoms with Crippen LogP contribution in [-0.4, -0.2) is 15.5 Å². The smallest absolute Gasteiger partial charge is 0.345 e. The summed E-state index contributed by atoms with van der Waals surface area (Å²) in [6.07, 6.45) is 1.37. The first-order valence-electron chi connectivity index (χ1n) is 3.84. The number of halogens is 4. The van der Waals surface area contributed by atoms with E-state index in [4.69, 9.17) is 0 Å². The number of nitrogens with one attached hydrogen (secondary N) is 1. The van der Waals surface area contributed by atoms with Gasteiger partial charge in [0, 0.05) is 9.37 Å². The van der Waals surface area contributed by atoms with E-state index >= 15 is 0 Å². The summed E-state index contributed by atoms with van der Waals surface area (Å²) >= 11 is 2.98. The van der Waals surface area contributed by atoms with Crippen molar-refractivity contribution in [3.8, 4) is 0 Å². The molecule has 0 aliphatic carbocycles. The Morgan fingerprint density at radius 1 is 1.33 bits per heavy atom. The van der Waals surface area contributed by atoms with Gasteiger partial charge in [0.15, 0.2) is 0 Å². The third-order valence-electron chi connectivity index (χ3n) is 1.68. The molecule has 2 rings (SSSR count). The topological polar surface area (TPSA) is 28.7 Å². The molecule has 80 valence electrons. The van der Waals surface area contributed by atoms with Gasteiger partial charge in [-0.25, -0.2) is 4.98 Å². The van der Waals surface area contributed by atoms with Crippen LogP contribution in [0.15, 0.2) is 27.8 Å². The quantitative estimate of drug-likeness (QED) is 0.808. The van der Waals surface area contributed by atoms with Crippen LogP contribution in [-0.2, 0) is 0 Å². The highest BCUT2D eigenvalue weighted by atomic mass is 79.9. The van der Waals surface area contributed by atoms with E-state index in [-0.39, 0.29) is 16.7 Å². The van der Waals surface area contributed by atoms with Crippen molar-refractivity contribution in [2.45, 2.75) is 10.4 Å². The maximum absolute atomic E-state index is 12.2. The first-order valence-corrected chi connectivity index (χ1v) is 5.45. The van der Waals surface area contributed by atoms with Gasteiger partial charge in [0.1, 0.15) is 5.52 Å². The summed E-state index contributed by atoms with van der Waals surface area (Å²) in [6, 6.07) is 3.09. The predicted molar refractivity (Wildman–Crippen MR) is 55.7 cm³/mol. The predicted octanol–water partition coefficient (Wildman–Crippen LogP) is 3.94. The summed E-state index contributed by atoms with van der Waals surface area (Å²) in [5.74, 6) is 0. The van der Waals surface area contributed by atoms with Gasteiger partial charge in [-0.05, 0) is 23.9 Å². The van der Waals surface area contributed by atoms with Crippen LogP contribution in [0.3, 0.4) is 0 Å². The van der Waals surface area contributed by atoms with Crippen molar-refractivity contribution < 1.29 is 13.2 Å². The average molecular weight is 297 g/mol. The fourth-order valence-corrected chi connectivity index (χ4v) is 2.49. The van der Waals surface area contributed by atoms with Crippen LogP contribution in [0.1, 0.15) is 0 Å². The lowest BCUT2D eigenvalue weighted by molar-refractivity contribution is -0.0327. The van der Waals surface area contributed by atoms with Crippen LogP contribution in [0.4, 0.5) is 13.2 Å². The van der Waals surface area contributed by atoms with Crippen LogP contribution >= 0.6 is 27.7 Å². The number of alkyl halides is 3. The number of H-pyrrole nitrogens is 1. The summed E-state index contributed by atoms with van der Waals surface area (Å²) < 4.78 is 37.2. The Bertz CT molecular complexity index is 494. The van der Waals surface area contributed by atoms with E-state index < -0.39 is 5.51 Å². The van der Waals surface area contributed by atoms with E-state index in [1.54, 1.807) is 6.07 Å². The van der Waals surface area contributed by atoms with Crippen LogP contribution in [0, 0.1) is 0 Å². The van der Waals surface area contributed by atoms with Crippen molar-refractivity contribution in [3.05, 3.63) is 22.9 Å². The molecule has 0 amide bonds. The SMILES string of the molecule is FC(F)(F)Sc1cc(Br)cc2[nH]cnc12. The molecule has 0 aliphatic rings. The highest BCUT2D eigenvalue weighted by Crippen LogP contribution is 2.40. The van der Waals surface area contributed by atoms with E-state index in [2.05, 4.69) is 25.9 Å². The van der Waals surface area contributed by atoms with Gasteiger partial charge in [0.25, 0.3) is 0 Å². The van der Waals surface area contributed by atoms with Gasteiger partial charge in [-0.1, -0.05) is 15.9 Å². The van der Waals surface area contributed by atoms with Gasteiger partial charge in [-0.2, -0.15) is 13.2 Å². The van der Waals surface area contributed by atoms with Crippen molar-refractivity contribution in [3.63, 3.8) is 0 Å². The molecule has 0 unspecified atom stereocenters. The summed E-state index contributed by atoms with van der Waals surface area (Å²) in [5, 5.41) is 0. The number of thioether (sulfide) groups is 1. The molecule has 0 saturated carbocycles. The number of nitrogens with zero attached hydrogens (tertiary/aromatic N) is 1. The van der Waals surface area contributed by atoms with Crippen molar-refractivity contribution >= 4 is 38.7 Å². The van der Waals surface area contributed by atoms with Crippen LogP contribution in [0.25, 0.3) is 11.0 Å². The summed E-state index contributed by atoms with van der Waals surface area (Å²) in [6.45, 7) is 0. The lowest BCUT2D eigenvalue weighted by Gasteiger charge is -2.06. The Labute approximate surface area is 95.4 Å². The maximum atomic E-state index is 12.2. The summed E-state index contributed by atoms with van der Waals surface area (Å²) in [5.41, 5.74) is -3.39. The number of fused-ring (bicyclic) bond motifs is 1. The zero-order valence-electron chi connectivity index (χ0n) is 7.10. The molecule has 1 N–H and O–H groups in total. The van der Waals surface area contributed by atoms with Gasteiger partial charge in [-0.15, -0.1) is 0 Å². The van der Waals surface area contributed by atoms with Crippen LogP contribution in [0.2, 0.25) is 0 Å². The molecule has 0 saturated heterocycles. The molecule has 0 aliphatic heterocycles. The number of rotatable bonds is 1. The first kappa shape index (κ1) is 10.8. The summed E-state index contributed by atoms with van der Waals surface area (Å²) in [7, 11) is 0. The van der Waals surface area contributed by atoms with Gasteiger partial charge in [0.05, 0.1) is 11.8 Å². The van der Waals surface area contributed by atoms with E-state index in [1.165, 1.54) is 12.4 Å². The largest absolute Gasteiger partial charge is 0.446 e. The zero-order chi connectivity index (χ0) is 11.1. The van der Waals surface area contributed by atoms with Crippen LogP contribution in [0.5, 0.6) is 0 Å². The lowest BCUT2D eigenvalue weighted by Crippen LogP contribution is -1.99. The minimum absolute atomic E-state index is 0.0909. The van der Waals surface area contributed by atoms with E-state index in [9.17, 15) is 13.2 Å². The van der Waals surface area contributed by atoms with E-state index in [0.717, 1.165) is 0 Å². The molecule has 0 bridgehead atoms. The fourth-order valence-electron chi connectivity index (χ4n) is 1.19. The molecule has 2 aromatic rings. The Morgan fingerprint density at radius 3 is 2.73 bits per heavy atom. The number of imidazole rings is 1. The Hall–Kier alpha value is -0.690. The molecule has 15 heavy (non-hydrogen) atoms. The average Bonchev–Trinajstić information content (AvgIpc) is 2.48. The standard InChI is InChI=1S/C8H4BrF3N2S/c9-4-1-5-7(14-3-13-5)6(2-4)15-8(10,11)12/h1-3H,(H,13,14). The molecule has 0 radical (unpaired) electrons. The minimum Gasteiger partial charge on any atom is -0.345 e. The van der Waals surface area contributed by atoms with Crippen LogP contribution < -0.4 is 0 Å². The highest BCUT2D eigenvalue weighted by Gasteiger charge is 2.30. The van der Waals surface area contributed by atoms with E-state index in [0.29, 0.717) is 15.5 Å². The van der Waals surface area contributed by atoms with Crippen molar-refractivity contribution in [2.75, 3.05) is 0 Å². The second-order valence-electron chi connectivity index (χ2n) is 2.75. The Kier molecular flexibility index (Phi) is 2.68. The number of hydrogen-bond acceptors (Lipinski definition) is 2. The van der Waals surface area contributed by atoms with Gasteiger partial charge < -0.3 is 4.98 Å². The molecule has 7 heteroatoms. The fraction of sp³-hybridized carbons (Fsp3) is 0.125. The molecule has 1 aromatic heterocycles. The molecule has 2 nitrogen and oxygen atoms in total. The van der Waals surface area contributed by atoms with Gasteiger partial charge in [-0.3, -0.25) is 0 Å². The third kappa shape index (κ3) is 2.46. The normalized spacial score (nSPS) is 12.3. The molecule has 0 atom stereocenters. The zero-order valence-corrected chi connectivity index (χ0v) is 9.50. The third-order valence-corrected chi connectivity index (χ3v) is 2.90. The molecular formula is C8H4BrF3N2S. The Morgan fingerprint density at radius 2 is 2.07 bits per heavy atom. The molecule has 0 spiro atoms.